The first-order chi connectivity index (χ1) is 6.81. The Bertz CT molecular complexity index is 183. The van der Waals surface area contributed by atoms with E-state index in [2.05, 4.69) is 6.92 Å². The van der Waals surface area contributed by atoms with Gasteiger partial charge in [-0.3, -0.25) is 9.59 Å². The summed E-state index contributed by atoms with van der Waals surface area (Å²) in [6.45, 7) is 2.16. The zero-order chi connectivity index (χ0) is 10.6. The highest BCUT2D eigenvalue weighted by atomic mass is 16.1. The summed E-state index contributed by atoms with van der Waals surface area (Å²) in [5, 5.41) is 0. The van der Waals surface area contributed by atoms with E-state index in [4.69, 9.17) is 0 Å². The minimum absolute atomic E-state index is 0.316. The van der Waals surface area contributed by atoms with Crippen molar-refractivity contribution in [2.24, 2.45) is 0 Å². The van der Waals surface area contributed by atoms with Crippen LogP contribution in [0.25, 0.3) is 0 Å². The van der Waals surface area contributed by atoms with E-state index in [1.165, 1.54) is 18.9 Å². The standard InChI is InChI=1S/C12H20O2/c1-2-3-4-6-9-12(14)10-7-5-8-11-13/h5,8,11H,2-4,6-7,9-10H2,1H3. The van der Waals surface area contributed by atoms with Gasteiger partial charge in [0.05, 0.1) is 0 Å². The van der Waals surface area contributed by atoms with Crippen molar-refractivity contribution < 1.29 is 9.59 Å². The molecule has 0 saturated carbocycles. The second-order valence-corrected chi connectivity index (χ2v) is 3.45. The summed E-state index contributed by atoms with van der Waals surface area (Å²) in [5.74, 6) is 0.316. The van der Waals surface area contributed by atoms with Gasteiger partial charge in [0.25, 0.3) is 0 Å². The van der Waals surface area contributed by atoms with Gasteiger partial charge in [-0.05, 0) is 18.9 Å². The smallest absolute Gasteiger partial charge is 0.142 e. The molecule has 2 heteroatoms. The van der Waals surface area contributed by atoms with Crippen LogP contribution in [0.4, 0.5) is 0 Å². The first-order valence-corrected chi connectivity index (χ1v) is 5.43. The molecule has 0 radical (unpaired) electrons. The average Bonchev–Trinajstić information content (AvgIpc) is 2.19. The Hall–Kier alpha value is -0.920. The second kappa shape index (κ2) is 10.2. The van der Waals surface area contributed by atoms with E-state index >= 15 is 0 Å². The van der Waals surface area contributed by atoms with E-state index < -0.39 is 0 Å². The summed E-state index contributed by atoms with van der Waals surface area (Å²) in [5.41, 5.74) is 0. The quantitative estimate of drug-likeness (QED) is 0.322. The van der Waals surface area contributed by atoms with Gasteiger partial charge in [-0.15, -0.1) is 0 Å². The number of ketones is 1. The maximum atomic E-state index is 11.2. The highest BCUT2D eigenvalue weighted by Crippen LogP contribution is 2.05. The highest BCUT2D eigenvalue weighted by molar-refractivity contribution is 5.78. The van der Waals surface area contributed by atoms with Crippen molar-refractivity contribution in [1.29, 1.82) is 0 Å². The topological polar surface area (TPSA) is 34.1 Å². The van der Waals surface area contributed by atoms with Gasteiger partial charge in [-0.2, -0.15) is 0 Å². The van der Waals surface area contributed by atoms with Crippen molar-refractivity contribution in [1.82, 2.24) is 0 Å². The zero-order valence-corrected chi connectivity index (χ0v) is 9.00. The van der Waals surface area contributed by atoms with Crippen LogP contribution in [-0.2, 0) is 9.59 Å². The maximum Gasteiger partial charge on any atom is 0.142 e. The number of unbranched alkanes of at least 4 members (excludes halogenated alkanes) is 3. The average molecular weight is 196 g/mol. The first kappa shape index (κ1) is 13.1. The molecule has 14 heavy (non-hydrogen) atoms. The fraction of sp³-hybridized carbons (Fsp3) is 0.667. The van der Waals surface area contributed by atoms with E-state index in [1.54, 1.807) is 6.08 Å². The molecule has 0 aromatic rings. The van der Waals surface area contributed by atoms with E-state index in [1.807, 2.05) is 0 Å². The zero-order valence-electron chi connectivity index (χ0n) is 9.00. The molecule has 0 fully saturated rings. The monoisotopic (exact) mass is 196 g/mol. The molecule has 80 valence electrons. The lowest BCUT2D eigenvalue weighted by Gasteiger charge is -1.98. The predicted octanol–water partition coefficient (Wildman–Crippen LogP) is 3.06. The van der Waals surface area contributed by atoms with Crippen molar-refractivity contribution in [2.45, 2.75) is 51.9 Å². The Balaban J connectivity index is 3.28. The molecule has 0 aliphatic heterocycles. The minimum atomic E-state index is 0.316. The Morgan fingerprint density at radius 1 is 1.14 bits per heavy atom. The molecule has 0 heterocycles. The molecule has 0 unspecified atom stereocenters. The van der Waals surface area contributed by atoms with Gasteiger partial charge in [0.15, 0.2) is 0 Å². The largest absolute Gasteiger partial charge is 0.300 e. The van der Waals surface area contributed by atoms with Gasteiger partial charge in [0.2, 0.25) is 0 Å². The van der Waals surface area contributed by atoms with Gasteiger partial charge in [-0.25, -0.2) is 0 Å². The first-order valence-electron chi connectivity index (χ1n) is 5.43. The predicted molar refractivity (Wildman–Crippen MR) is 58.2 cm³/mol. The Morgan fingerprint density at radius 3 is 2.57 bits per heavy atom. The molecule has 0 bridgehead atoms. The number of carbonyl (C=O) groups excluding carboxylic acids is 2. The van der Waals surface area contributed by atoms with Gasteiger partial charge in [0.1, 0.15) is 12.1 Å². The molecule has 0 rings (SSSR count). The molecule has 0 aliphatic rings. The Labute approximate surface area is 86.4 Å². The highest BCUT2D eigenvalue weighted by Gasteiger charge is 1.99. The number of carbonyl (C=O) groups is 2. The van der Waals surface area contributed by atoms with Crippen molar-refractivity contribution in [3.05, 3.63) is 12.2 Å². The van der Waals surface area contributed by atoms with Crippen molar-refractivity contribution >= 4 is 12.1 Å². The lowest BCUT2D eigenvalue weighted by atomic mass is 10.1. The van der Waals surface area contributed by atoms with Gasteiger partial charge in [0, 0.05) is 12.8 Å². The van der Waals surface area contributed by atoms with E-state index in [0.717, 1.165) is 19.1 Å². The van der Waals surface area contributed by atoms with E-state index in [9.17, 15) is 9.59 Å². The normalized spacial score (nSPS) is 10.6. The molecule has 0 atom stereocenters. The number of hydrogen-bond acceptors (Lipinski definition) is 2. The summed E-state index contributed by atoms with van der Waals surface area (Å²) in [4.78, 5) is 21.2. The van der Waals surface area contributed by atoms with Crippen LogP contribution in [0.1, 0.15) is 51.9 Å². The van der Waals surface area contributed by atoms with E-state index in [0.29, 0.717) is 25.0 Å². The molecule has 0 spiro atoms. The number of rotatable bonds is 9. The molecule has 0 amide bonds. The molecule has 2 nitrogen and oxygen atoms in total. The van der Waals surface area contributed by atoms with Gasteiger partial charge in [-0.1, -0.05) is 32.3 Å². The third-order valence-corrected chi connectivity index (χ3v) is 2.11. The fourth-order valence-electron chi connectivity index (χ4n) is 1.27. The summed E-state index contributed by atoms with van der Waals surface area (Å²) >= 11 is 0. The van der Waals surface area contributed by atoms with Crippen LogP contribution in [0, 0.1) is 0 Å². The lowest BCUT2D eigenvalue weighted by molar-refractivity contribution is -0.119. The van der Waals surface area contributed by atoms with Gasteiger partial charge < -0.3 is 0 Å². The van der Waals surface area contributed by atoms with Crippen LogP contribution in [0.15, 0.2) is 12.2 Å². The number of allylic oxidation sites excluding steroid dienone is 2. The fourth-order valence-corrected chi connectivity index (χ4v) is 1.27. The van der Waals surface area contributed by atoms with Gasteiger partial charge >= 0.3 is 0 Å². The molecular formula is C12H20O2. The minimum Gasteiger partial charge on any atom is -0.300 e. The van der Waals surface area contributed by atoms with Crippen LogP contribution >= 0.6 is 0 Å². The van der Waals surface area contributed by atoms with Crippen molar-refractivity contribution in [3.63, 3.8) is 0 Å². The number of Topliss-reactive ketones (excluding diaryl/α,β-unsaturated/α-hetero) is 1. The number of aldehydes is 1. The van der Waals surface area contributed by atoms with Crippen LogP contribution < -0.4 is 0 Å². The molecule has 0 saturated heterocycles. The van der Waals surface area contributed by atoms with Crippen LogP contribution in [0.2, 0.25) is 0 Å². The summed E-state index contributed by atoms with van der Waals surface area (Å²) in [6.07, 6.45) is 10.5. The van der Waals surface area contributed by atoms with Crippen molar-refractivity contribution in [3.8, 4) is 0 Å². The summed E-state index contributed by atoms with van der Waals surface area (Å²) in [7, 11) is 0. The lowest BCUT2D eigenvalue weighted by Crippen LogP contribution is -1.96. The van der Waals surface area contributed by atoms with Crippen molar-refractivity contribution in [2.75, 3.05) is 0 Å². The molecule has 0 aromatic carbocycles. The van der Waals surface area contributed by atoms with E-state index in [-0.39, 0.29) is 0 Å². The molecule has 0 aliphatic carbocycles. The third-order valence-electron chi connectivity index (χ3n) is 2.11. The van der Waals surface area contributed by atoms with Crippen LogP contribution in [-0.4, -0.2) is 12.1 Å². The van der Waals surface area contributed by atoms with Crippen LogP contribution in [0.5, 0.6) is 0 Å². The third kappa shape index (κ3) is 9.17. The maximum absolute atomic E-state index is 11.2. The molecular weight excluding hydrogens is 176 g/mol. The molecule has 0 N–H and O–H groups in total. The summed E-state index contributed by atoms with van der Waals surface area (Å²) in [6, 6.07) is 0. The number of hydrogen-bond donors (Lipinski definition) is 0. The molecule has 0 aromatic heterocycles. The van der Waals surface area contributed by atoms with Crippen LogP contribution in [0.3, 0.4) is 0 Å². The Kier molecular flexibility index (Phi) is 9.49. The Morgan fingerprint density at radius 2 is 1.93 bits per heavy atom. The summed E-state index contributed by atoms with van der Waals surface area (Å²) < 4.78 is 0. The SMILES string of the molecule is CCCCCCC(=O)CCC=CC=O. The second-order valence-electron chi connectivity index (χ2n) is 3.45.